The first-order valence-electron chi connectivity index (χ1n) is 5.84. The summed E-state index contributed by atoms with van der Waals surface area (Å²) < 4.78 is 0. The molecule has 3 heteroatoms. The molecule has 1 amide bonds. The molecule has 92 valence electrons. The monoisotopic (exact) mass is 240 g/mol. The van der Waals surface area contributed by atoms with Gasteiger partial charge in [0.2, 0.25) is 5.91 Å². The fourth-order valence-electron chi connectivity index (χ4n) is 1.78. The van der Waals surface area contributed by atoms with Gasteiger partial charge in [0.25, 0.3) is 0 Å². The molecule has 1 atom stereocenters. The maximum absolute atomic E-state index is 11.5. The molecule has 0 aliphatic carbocycles. The highest BCUT2D eigenvalue weighted by Gasteiger charge is 2.16. The lowest BCUT2D eigenvalue weighted by atomic mass is 10.1. The predicted molar refractivity (Wildman–Crippen MR) is 73.2 cm³/mol. The Morgan fingerprint density at radius 3 is 2.22 bits per heavy atom. The molecule has 0 saturated carbocycles. The van der Waals surface area contributed by atoms with Crippen LogP contribution in [0.4, 0.5) is 5.69 Å². The van der Waals surface area contributed by atoms with E-state index in [1.54, 1.807) is 0 Å². The molecule has 3 N–H and O–H groups in total. The molecule has 2 aromatic rings. The van der Waals surface area contributed by atoms with E-state index in [9.17, 15) is 4.79 Å². The SMILES string of the molecule is Cc1ccc(NC(C(N)=O)c2ccccc2)cc1. The zero-order valence-corrected chi connectivity index (χ0v) is 10.3. The zero-order chi connectivity index (χ0) is 13.0. The van der Waals surface area contributed by atoms with Crippen molar-refractivity contribution in [3.8, 4) is 0 Å². The lowest BCUT2D eigenvalue weighted by Gasteiger charge is -2.17. The molecule has 0 aliphatic heterocycles. The van der Waals surface area contributed by atoms with Crippen LogP contribution in [0.15, 0.2) is 54.6 Å². The third kappa shape index (κ3) is 2.88. The average Bonchev–Trinajstić information content (AvgIpc) is 2.38. The molecular weight excluding hydrogens is 224 g/mol. The zero-order valence-electron chi connectivity index (χ0n) is 10.3. The van der Waals surface area contributed by atoms with E-state index in [1.807, 2.05) is 61.5 Å². The average molecular weight is 240 g/mol. The van der Waals surface area contributed by atoms with Gasteiger partial charge in [0.15, 0.2) is 0 Å². The fraction of sp³-hybridized carbons (Fsp3) is 0.133. The number of amides is 1. The van der Waals surface area contributed by atoms with Crippen LogP contribution in [0, 0.1) is 6.92 Å². The number of nitrogens with two attached hydrogens (primary N) is 1. The van der Waals surface area contributed by atoms with E-state index in [1.165, 1.54) is 5.56 Å². The third-order valence-corrected chi connectivity index (χ3v) is 2.78. The van der Waals surface area contributed by atoms with E-state index >= 15 is 0 Å². The maximum Gasteiger partial charge on any atom is 0.244 e. The van der Waals surface area contributed by atoms with Gasteiger partial charge in [-0.3, -0.25) is 4.79 Å². The Hall–Kier alpha value is -2.29. The van der Waals surface area contributed by atoms with E-state index in [4.69, 9.17) is 5.73 Å². The number of nitrogens with one attached hydrogen (secondary N) is 1. The number of aryl methyl sites for hydroxylation is 1. The second kappa shape index (κ2) is 5.36. The summed E-state index contributed by atoms with van der Waals surface area (Å²) in [6, 6.07) is 16.8. The summed E-state index contributed by atoms with van der Waals surface area (Å²) >= 11 is 0. The van der Waals surface area contributed by atoms with E-state index in [0.717, 1.165) is 11.3 Å². The minimum atomic E-state index is -0.506. The van der Waals surface area contributed by atoms with Crippen LogP contribution in [0.2, 0.25) is 0 Å². The van der Waals surface area contributed by atoms with Crippen LogP contribution in [-0.4, -0.2) is 5.91 Å². The summed E-state index contributed by atoms with van der Waals surface area (Å²) in [4.78, 5) is 11.5. The first kappa shape index (κ1) is 12.2. The number of rotatable bonds is 4. The number of hydrogen-bond donors (Lipinski definition) is 2. The number of hydrogen-bond acceptors (Lipinski definition) is 2. The van der Waals surface area contributed by atoms with Gasteiger partial charge in [0, 0.05) is 5.69 Å². The highest BCUT2D eigenvalue weighted by atomic mass is 16.1. The summed E-state index contributed by atoms with van der Waals surface area (Å²) in [6.45, 7) is 2.02. The van der Waals surface area contributed by atoms with Crippen LogP contribution in [0.5, 0.6) is 0 Å². The van der Waals surface area contributed by atoms with E-state index < -0.39 is 6.04 Å². The first-order valence-corrected chi connectivity index (χ1v) is 5.84. The molecular formula is C15H16N2O. The number of benzene rings is 2. The Kier molecular flexibility index (Phi) is 3.63. The van der Waals surface area contributed by atoms with Crippen LogP contribution in [0.25, 0.3) is 0 Å². The predicted octanol–water partition coefficient (Wildman–Crippen LogP) is 2.63. The van der Waals surface area contributed by atoms with Gasteiger partial charge in [-0.25, -0.2) is 0 Å². The quantitative estimate of drug-likeness (QED) is 0.863. The standard InChI is InChI=1S/C15H16N2O/c1-11-7-9-13(10-8-11)17-14(15(16)18)12-5-3-2-4-6-12/h2-10,14,17H,1H3,(H2,16,18). The van der Waals surface area contributed by atoms with Gasteiger partial charge in [-0.1, -0.05) is 48.0 Å². The topological polar surface area (TPSA) is 55.1 Å². The largest absolute Gasteiger partial charge is 0.370 e. The van der Waals surface area contributed by atoms with Crippen LogP contribution in [-0.2, 0) is 4.79 Å². The minimum Gasteiger partial charge on any atom is -0.370 e. The molecule has 0 aliphatic rings. The molecule has 0 radical (unpaired) electrons. The third-order valence-electron chi connectivity index (χ3n) is 2.78. The van der Waals surface area contributed by atoms with Crippen molar-refractivity contribution in [2.45, 2.75) is 13.0 Å². The van der Waals surface area contributed by atoms with Crippen molar-refractivity contribution >= 4 is 11.6 Å². The second-order valence-corrected chi connectivity index (χ2v) is 4.26. The summed E-state index contributed by atoms with van der Waals surface area (Å²) in [7, 11) is 0. The number of carbonyl (C=O) groups excluding carboxylic acids is 1. The van der Waals surface area contributed by atoms with Gasteiger partial charge in [-0.05, 0) is 24.6 Å². The lowest BCUT2D eigenvalue weighted by molar-refractivity contribution is -0.118. The van der Waals surface area contributed by atoms with Gasteiger partial charge in [0.1, 0.15) is 6.04 Å². The van der Waals surface area contributed by atoms with E-state index in [0.29, 0.717) is 0 Å². The number of carbonyl (C=O) groups is 1. The van der Waals surface area contributed by atoms with Crippen molar-refractivity contribution in [1.82, 2.24) is 0 Å². The number of primary amides is 1. The molecule has 2 aromatic carbocycles. The van der Waals surface area contributed by atoms with Crippen LogP contribution in [0.3, 0.4) is 0 Å². The van der Waals surface area contributed by atoms with E-state index in [2.05, 4.69) is 5.32 Å². The highest BCUT2D eigenvalue weighted by Crippen LogP contribution is 2.19. The van der Waals surface area contributed by atoms with Crippen molar-refractivity contribution in [3.05, 3.63) is 65.7 Å². The molecule has 0 aromatic heterocycles. The Labute approximate surface area is 107 Å². The van der Waals surface area contributed by atoms with Gasteiger partial charge >= 0.3 is 0 Å². The molecule has 18 heavy (non-hydrogen) atoms. The minimum absolute atomic E-state index is 0.387. The van der Waals surface area contributed by atoms with Crippen molar-refractivity contribution < 1.29 is 4.79 Å². The normalized spacial score (nSPS) is 11.8. The van der Waals surface area contributed by atoms with Gasteiger partial charge in [-0.15, -0.1) is 0 Å². The molecule has 0 bridgehead atoms. The Morgan fingerprint density at radius 1 is 1.06 bits per heavy atom. The van der Waals surface area contributed by atoms with Gasteiger partial charge < -0.3 is 11.1 Å². The highest BCUT2D eigenvalue weighted by molar-refractivity contribution is 5.84. The van der Waals surface area contributed by atoms with Gasteiger partial charge in [-0.2, -0.15) is 0 Å². The van der Waals surface area contributed by atoms with Crippen LogP contribution >= 0.6 is 0 Å². The van der Waals surface area contributed by atoms with Crippen molar-refractivity contribution in [1.29, 1.82) is 0 Å². The molecule has 0 heterocycles. The summed E-state index contributed by atoms with van der Waals surface area (Å²) in [5.74, 6) is -0.387. The van der Waals surface area contributed by atoms with E-state index in [-0.39, 0.29) is 5.91 Å². The van der Waals surface area contributed by atoms with Crippen molar-refractivity contribution in [2.24, 2.45) is 5.73 Å². The molecule has 0 spiro atoms. The molecule has 2 rings (SSSR count). The fourth-order valence-corrected chi connectivity index (χ4v) is 1.78. The van der Waals surface area contributed by atoms with Crippen LogP contribution in [0.1, 0.15) is 17.2 Å². The van der Waals surface area contributed by atoms with Crippen molar-refractivity contribution in [3.63, 3.8) is 0 Å². The summed E-state index contributed by atoms with van der Waals surface area (Å²) in [6.07, 6.45) is 0. The summed E-state index contributed by atoms with van der Waals surface area (Å²) in [5.41, 5.74) is 8.37. The van der Waals surface area contributed by atoms with Crippen LogP contribution < -0.4 is 11.1 Å². The molecule has 3 nitrogen and oxygen atoms in total. The smallest absolute Gasteiger partial charge is 0.244 e. The maximum atomic E-state index is 11.5. The Balaban J connectivity index is 2.22. The molecule has 0 fully saturated rings. The first-order chi connectivity index (χ1) is 8.66. The molecule has 0 saturated heterocycles. The summed E-state index contributed by atoms with van der Waals surface area (Å²) in [5, 5.41) is 3.15. The van der Waals surface area contributed by atoms with Gasteiger partial charge in [0.05, 0.1) is 0 Å². The number of anilines is 1. The Bertz CT molecular complexity index is 520. The lowest BCUT2D eigenvalue weighted by Crippen LogP contribution is -2.27. The second-order valence-electron chi connectivity index (χ2n) is 4.26. The Morgan fingerprint density at radius 2 is 1.67 bits per heavy atom. The van der Waals surface area contributed by atoms with Crippen molar-refractivity contribution in [2.75, 3.05) is 5.32 Å². The molecule has 1 unspecified atom stereocenters.